The molecule has 1 unspecified atom stereocenters. The number of aryl methyl sites for hydroxylation is 1. The molecule has 2 aromatic rings. The summed E-state index contributed by atoms with van der Waals surface area (Å²) in [6, 6.07) is 6.26. The summed E-state index contributed by atoms with van der Waals surface area (Å²) in [6.07, 6.45) is 2.13. The standard InChI is InChI=1S/C19H21N5O4S/c1-11(2)8-9-24-18-12(10-20-23(18)3)16(25)15(19(24)26)17-21-13-6-4-5-7-14(13)29(27,28)22-17/h4-7,10-11,15H,8-9H2,1-3H3,(H,21,22). The lowest BCUT2D eigenvalue weighted by Crippen LogP contribution is -2.51. The predicted molar refractivity (Wildman–Crippen MR) is 108 cm³/mol. The Labute approximate surface area is 168 Å². The van der Waals surface area contributed by atoms with Gasteiger partial charge in [-0.3, -0.25) is 19.2 Å². The minimum absolute atomic E-state index is 0.0122. The number of rotatable bonds is 4. The van der Waals surface area contributed by atoms with Gasteiger partial charge >= 0.3 is 0 Å². The molecular formula is C19H21N5O4S. The molecule has 29 heavy (non-hydrogen) atoms. The molecule has 1 aromatic carbocycles. The van der Waals surface area contributed by atoms with Crippen molar-refractivity contribution in [3.05, 3.63) is 36.0 Å². The first-order chi connectivity index (χ1) is 13.7. The van der Waals surface area contributed by atoms with Crippen LogP contribution in [0.2, 0.25) is 0 Å². The van der Waals surface area contributed by atoms with Crippen LogP contribution >= 0.6 is 0 Å². The summed E-state index contributed by atoms with van der Waals surface area (Å²) in [5.41, 5.74) is 0.574. The van der Waals surface area contributed by atoms with Gasteiger partial charge in [-0.1, -0.05) is 26.0 Å². The van der Waals surface area contributed by atoms with Gasteiger partial charge in [-0.15, -0.1) is 4.40 Å². The van der Waals surface area contributed by atoms with Gasteiger partial charge in [0, 0.05) is 13.6 Å². The maximum Gasteiger partial charge on any atom is 0.286 e. The molecule has 0 radical (unpaired) electrons. The second-order valence-electron chi connectivity index (χ2n) is 7.55. The molecule has 4 rings (SSSR count). The van der Waals surface area contributed by atoms with Crippen LogP contribution < -0.4 is 10.2 Å². The number of carbonyl (C=O) groups is 2. The van der Waals surface area contributed by atoms with Gasteiger partial charge in [0.2, 0.25) is 5.91 Å². The molecule has 0 fully saturated rings. The molecule has 0 saturated carbocycles. The summed E-state index contributed by atoms with van der Waals surface area (Å²) in [7, 11) is -2.36. The fourth-order valence-corrected chi connectivity index (χ4v) is 4.71. The van der Waals surface area contributed by atoms with Crippen molar-refractivity contribution in [3.8, 4) is 0 Å². The van der Waals surface area contributed by atoms with E-state index in [-0.39, 0.29) is 16.3 Å². The highest BCUT2D eigenvalue weighted by Gasteiger charge is 2.46. The number of benzene rings is 1. The summed E-state index contributed by atoms with van der Waals surface area (Å²) in [5, 5.41) is 7.01. The van der Waals surface area contributed by atoms with Crippen molar-refractivity contribution >= 4 is 39.1 Å². The fourth-order valence-electron chi connectivity index (χ4n) is 3.56. The number of nitrogens with zero attached hydrogens (tertiary/aromatic N) is 4. The lowest BCUT2D eigenvalue weighted by molar-refractivity contribution is -0.119. The molecule has 2 aliphatic rings. The lowest BCUT2D eigenvalue weighted by atomic mass is 9.91. The Morgan fingerprint density at radius 3 is 2.66 bits per heavy atom. The Morgan fingerprint density at radius 1 is 1.21 bits per heavy atom. The lowest BCUT2D eigenvalue weighted by Gasteiger charge is -2.33. The number of fused-ring (bicyclic) bond motifs is 2. The maximum absolute atomic E-state index is 13.3. The molecule has 3 heterocycles. The molecule has 1 atom stereocenters. The topological polar surface area (TPSA) is 114 Å². The van der Waals surface area contributed by atoms with E-state index in [1.54, 1.807) is 25.2 Å². The van der Waals surface area contributed by atoms with Crippen LogP contribution in [0.3, 0.4) is 0 Å². The van der Waals surface area contributed by atoms with E-state index in [4.69, 9.17) is 0 Å². The molecular weight excluding hydrogens is 394 g/mol. The van der Waals surface area contributed by atoms with Crippen molar-refractivity contribution in [1.82, 2.24) is 9.78 Å². The third kappa shape index (κ3) is 3.13. The van der Waals surface area contributed by atoms with Crippen LogP contribution in [0.5, 0.6) is 0 Å². The van der Waals surface area contributed by atoms with Crippen molar-refractivity contribution in [2.75, 3.05) is 16.8 Å². The van der Waals surface area contributed by atoms with Gasteiger partial charge in [0.15, 0.2) is 11.7 Å². The van der Waals surface area contributed by atoms with E-state index in [0.717, 1.165) is 6.42 Å². The number of aromatic nitrogens is 2. The van der Waals surface area contributed by atoms with Crippen LogP contribution in [0.15, 0.2) is 39.8 Å². The third-order valence-electron chi connectivity index (χ3n) is 5.05. The van der Waals surface area contributed by atoms with E-state index in [9.17, 15) is 18.0 Å². The fraction of sp³-hybridized carbons (Fsp3) is 0.368. The number of amidine groups is 1. The van der Waals surface area contributed by atoms with Crippen molar-refractivity contribution < 1.29 is 18.0 Å². The van der Waals surface area contributed by atoms with E-state index >= 15 is 0 Å². The number of nitrogens with one attached hydrogen (secondary N) is 1. The van der Waals surface area contributed by atoms with E-state index in [1.165, 1.54) is 21.8 Å². The Bertz CT molecular complexity index is 1150. The smallest absolute Gasteiger partial charge is 0.286 e. The summed E-state index contributed by atoms with van der Waals surface area (Å²) in [5.74, 6) is -1.79. The molecule has 10 heteroatoms. The van der Waals surface area contributed by atoms with Crippen LogP contribution in [-0.2, 0) is 21.9 Å². The molecule has 152 valence electrons. The zero-order valence-corrected chi connectivity index (χ0v) is 17.1. The summed E-state index contributed by atoms with van der Waals surface area (Å²) < 4.78 is 30.5. The molecule has 1 amide bonds. The maximum atomic E-state index is 13.3. The first kappa shape index (κ1) is 19.3. The highest BCUT2D eigenvalue weighted by Crippen LogP contribution is 2.34. The van der Waals surface area contributed by atoms with Crippen molar-refractivity contribution in [2.45, 2.75) is 25.2 Å². The largest absolute Gasteiger partial charge is 0.341 e. The predicted octanol–water partition coefficient (Wildman–Crippen LogP) is 1.82. The average molecular weight is 415 g/mol. The minimum Gasteiger partial charge on any atom is -0.341 e. The number of Topliss-reactive ketones (excluding diaryl/α,β-unsaturated/α-hetero) is 1. The number of sulfonamides is 1. The van der Waals surface area contributed by atoms with E-state index in [2.05, 4.69) is 14.8 Å². The number of carbonyl (C=O) groups excluding carboxylic acids is 2. The van der Waals surface area contributed by atoms with Crippen LogP contribution in [0.25, 0.3) is 0 Å². The number of anilines is 2. The average Bonchev–Trinajstić information content (AvgIpc) is 3.03. The van der Waals surface area contributed by atoms with Crippen LogP contribution in [-0.4, -0.2) is 42.3 Å². The zero-order valence-electron chi connectivity index (χ0n) is 16.3. The number of hydrogen-bond acceptors (Lipinski definition) is 6. The summed E-state index contributed by atoms with van der Waals surface area (Å²) in [4.78, 5) is 28.0. The summed E-state index contributed by atoms with van der Waals surface area (Å²) in [6.45, 7) is 4.47. The highest BCUT2D eigenvalue weighted by molar-refractivity contribution is 7.90. The molecule has 0 bridgehead atoms. The number of amides is 1. The Kier molecular flexibility index (Phi) is 4.53. The monoisotopic (exact) mass is 415 g/mol. The number of hydrogen-bond donors (Lipinski definition) is 1. The molecule has 0 spiro atoms. The molecule has 9 nitrogen and oxygen atoms in total. The Morgan fingerprint density at radius 2 is 1.93 bits per heavy atom. The molecule has 2 aliphatic heterocycles. The third-order valence-corrected chi connectivity index (χ3v) is 6.40. The van der Waals surface area contributed by atoms with Gasteiger partial charge in [-0.05, 0) is 24.5 Å². The molecule has 0 saturated heterocycles. The molecule has 1 aromatic heterocycles. The minimum atomic E-state index is -4.02. The van der Waals surface area contributed by atoms with Gasteiger partial charge in [-0.25, -0.2) is 0 Å². The van der Waals surface area contributed by atoms with Gasteiger partial charge < -0.3 is 5.32 Å². The van der Waals surface area contributed by atoms with Gasteiger partial charge in [0.05, 0.1) is 17.4 Å². The van der Waals surface area contributed by atoms with Crippen molar-refractivity contribution in [1.29, 1.82) is 0 Å². The number of ketones is 1. The van der Waals surface area contributed by atoms with Crippen molar-refractivity contribution in [2.24, 2.45) is 23.3 Å². The van der Waals surface area contributed by atoms with Crippen LogP contribution in [0, 0.1) is 11.8 Å². The number of para-hydroxylation sites is 1. The second-order valence-corrected chi connectivity index (χ2v) is 9.12. The first-order valence-electron chi connectivity index (χ1n) is 9.29. The van der Waals surface area contributed by atoms with Gasteiger partial charge in [0.1, 0.15) is 16.5 Å². The SMILES string of the molecule is CC(C)CCN1C(=O)C(C2=NS(=O)(=O)c3ccccc3N2)C(=O)c2cnn(C)c21. The van der Waals surface area contributed by atoms with E-state index in [1.807, 2.05) is 13.8 Å². The highest BCUT2D eigenvalue weighted by atomic mass is 32.2. The first-order valence-corrected chi connectivity index (χ1v) is 10.7. The van der Waals surface area contributed by atoms with Crippen LogP contribution in [0.1, 0.15) is 30.6 Å². The van der Waals surface area contributed by atoms with Crippen LogP contribution in [0.4, 0.5) is 11.5 Å². The summed E-state index contributed by atoms with van der Waals surface area (Å²) >= 11 is 0. The molecule has 1 N–H and O–H groups in total. The normalized spacial score (nSPS) is 20.2. The van der Waals surface area contributed by atoms with E-state index < -0.39 is 27.6 Å². The zero-order chi connectivity index (χ0) is 20.9. The Balaban J connectivity index is 1.80. The Hall–Kier alpha value is -3.01. The van der Waals surface area contributed by atoms with E-state index in [0.29, 0.717) is 24.0 Å². The van der Waals surface area contributed by atoms with Crippen molar-refractivity contribution in [3.63, 3.8) is 0 Å². The molecule has 0 aliphatic carbocycles. The quantitative estimate of drug-likeness (QED) is 0.762. The van der Waals surface area contributed by atoms with Gasteiger partial charge in [-0.2, -0.15) is 13.5 Å². The second kappa shape index (κ2) is 6.80. The van der Waals surface area contributed by atoms with Gasteiger partial charge in [0.25, 0.3) is 10.0 Å².